The highest BCUT2D eigenvalue weighted by Gasteiger charge is 2.21. The van der Waals surface area contributed by atoms with Gasteiger partial charge in [-0.2, -0.15) is 0 Å². The number of benzene rings is 2. The molecule has 0 unspecified atom stereocenters. The minimum atomic E-state index is -0.370. The molecular weight excluding hydrogens is 415 g/mol. The quantitative estimate of drug-likeness (QED) is 0.424. The van der Waals surface area contributed by atoms with Crippen LogP contribution in [0.15, 0.2) is 36.4 Å². The van der Waals surface area contributed by atoms with Gasteiger partial charge in [0.15, 0.2) is 0 Å². The minimum absolute atomic E-state index is 0. The molecule has 1 saturated heterocycles. The zero-order valence-corrected chi connectivity index (χ0v) is 17.1. The summed E-state index contributed by atoms with van der Waals surface area (Å²) in [7, 11) is 0. The van der Waals surface area contributed by atoms with E-state index in [-0.39, 0.29) is 47.2 Å². The molecule has 0 radical (unpaired) electrons. The summed E-state index contributed by atoms with van der Waals surface area (Å²) in [6.45, 7) is 1.47. The lowest BCUT2D eigenvalue weighted by Gasteiger charge is -2.16. The normalized spacial score (nSPS) is 12.9. The number of hydrogen-bond donors (Lipinski definition) is 4. The Morgan fingerprint density at radius 1 is 1.17 bits per heavy atom. The molecule has 0 spiro atoms. The molecule has 0 aliphatic carbocycles. The first-order valence-electron chi connectivity index (χ1n) is 8.90. The molecule has 7 nitrogen and oxygen atoms in total. The molecule has 1 aliphatic heterocycles. The predicted octanol–water partition coefficient (Wildman–Crippen LogP) is 3.17. The number of aromatic hydroxyl groups is 1. The van der Waals surface area contributed by atoms with Crippen molar-refractivity contribution in [3.63, 3.8) is 0 Å². The Morgan fingerprint density at radius 3 is 2.48 bits per heavy atom. The van der Waals surface area contributed by atoms with Gasteiger partial charge in [0.2, 0.25) is 5.91 Å². The van der Waals surface area contributed by atoms with Gasteiger partial charge in [-0.25, -0.2) is 0 Å². The summed E-state index contributed by atoms with van der Waals surface area (Å²) in [6, 6.07) is 9.17. The molecule has 3 rings (SSSR count). The van der Waals surface area contributed by atoms with Gasteiger partial charge in [-0.1, -0.05) is 11.6 Å². The van der Waals surface area contributed by atoms with Crippen molar-refractivity contribution in [1.29, 1.82) is 5.41 Å². The molecule has 1 fully saturated rings. The highest BCUT2D eigenvalue weighted by molar-refractivity contribution is 6.34. The van der Waals surface area contributed by atoms with E-state index in [2.05, 4.69) is 5.32 Å². The monoisotopic (exact) mass is 436 g/mol. The molecule has 2 aromatic rings. The predicted molar refractivity (Wildman–Crippen MR) is 115 cm³/mol. The summed E-state index contributed by atoms with van der Waals surface area (Å²) in [6.07, 6.45) is 1.89. The van der Waals surface area contributed by atoms with Gasteiger partial charge in [-0.3, -0.25) is 15.0 Å². The van der Waals surface area contributed by atoms with Gasteiger partial charge in [0, 0.05) is 29.9 Å². The lowest BCUT2D eigenvalue weighted by atomic mass is 10.1. The number of rotatable bonds is 5. The first-order chi connectivity index (χ1) is 13.3. The number of nitrogen functional groups attached to an aromatic ring is 1. The summed E-state index contributed by atoms with van der Waals surface area (Å²) in [5.74, 6) is -0.673. The van der Waals surface area contributed by atoms with Crippen LogP contribution in [-0.2, 0) is 11.2 Å². The Morgan fingerprint density at radius 2 is 1.86 bits per heavy atom. The van der Waals surface area contributed by atoms with Crippen LogP contribution < -0.4 is 11.1 Å². The van der Waals surface area contributed by atoms with Crippen LogP contribution in [0.4, 0.5) is 5.69 Å². The van der Waals surface area contributed by atoms with Crippen molar-refractivity contribution < 1.29 is 14.7 Å². The molecule has 0 atom stereocenters. The van der Waals surface area contributed by atoms with Crippen molar-refractivity contribution in [3.8, 4) is 5.75 Å². The number of phenols is 1. The Bertz CT molecular complexity index is 943. The van der Waals surface area contributed by atoms with E-state index in [0.29, 0.717) is 22.4 Å². The molecule has 2 amide bonds. The van der Waals surface area contributed by atoms with E-state index in [0.717, 1.165) is 25.9 Å². The van der Waals surface area contributed by atoms with E-state index in [9.17, 15) is 14.7 Å². The second kappa shape index (κ2) is 9.62. The number of carbonyl (C=O) groups is 2. The molecule has 2 aromatic carbocycles. The van der Waals surface area contributed by atoms with E-state index < -0.39 is 0 Å². The summed E-state index contributed by atoms with van der Waals surface area (Å²) < 4.78 is 0. The van der Waals surface area contributed by atoms with Gasteiger partial charge in [-0.15, -0.1) is 12.4 Å². The maximum atomic E-state index is 12.5. The van der Waals surface area contributed by atoms with Gasteiger partial charge < -0.3 is 21.1 Å². The van der Waals surface area contributed by atoms with Gasteiger partial charge >= 0.3 is 0 Å². The summed E-state index contributed by atoms with van der Waals surface area (Å²) in [5, 5.41) is 20.3. The lowest BCUT2D eigenvalue weighted by Crippen LogP contribution is -2.27. The summed E-state index contributed by atoms with van der Waals surface area (Å²) in [5.41, 5.74) is 7.09. The highest BCUT2D eigenvalue weighted by Crippen LogP contribution is 2.25. The van der Waals surface area contributed by atoms with Crippen molar-refractivity contribution in [2.45, 2.75) is 19.3 Å². The zero-order chi connectivity index (χ0) is 20.3. The smallest absolute Gasteiger partial charge is 0.255 e. The number of amides is 2. The number of halogens is 2. The van der Waals surface area contributed by atoms with E-state index in [1.807, 2.05) is 0 Å². The van der Waals surface area contributed by atoms with Crippen molar-refractivity contribution in [2.24, 2.45) is 5.73 Å². The van der Waals surface area contributed by atoms with Crippen LogP contribution in [0.25, 0.3) is 0 Å². The van der Waals surface area contributed by atoms with Gasteiger partial charge in [0.1, 0.15) is 11.6 Å². The number of nitrogens with two attached hydrogens (primary N) is 1. The van der Waals surface area contributed by atoms with Crippen molar-refractivity contribution >= 4 is 47.3 Å². The van der Waals surface area contributed by atoms with Crippen molar-refractivity contribution in [1.82, 2.24) is 4.90 Å². The van der Waals surface area contributed by atoms with E-state index in [4.69, 9.17) is 22.7 Å². The first kappa shape index (κ1) is 22.5. The molecule has 0 aromatic heterocycles. The largest absolute Gasteiger partial charge is 0.508 e. The SMILES string of the molecule is Cl.N=C(N)c1ccc(O)c(CC(=O)Nc2ccc(C(=O)N3CCCC3)c(Cl)c2)c1. The third-order valence-electron chi connectivity index (χ3n) is 4.62. The Labute approximate surface area is 179 Å². The molecule has 1 heterocycles. The Balaban J connectivity index is 0.00000300. The molecule has 5 N–H and O–H groups in total. The van der Waals surface area contributed by atoms with Crippen LogP contribution in [0.1, 0.15) is 34.3 Å². The number of nitrogens with one attached hydrogen (secondary N) is 2. The van der Waals surface area contributed by atoms with Crippen LogP contribution >= 0.6 is 24.0 Å². The van der Waals surface area contributed by atoms with Crippen LogP contribution in [0.5, 0.6) is 5.75 Å². The van der Waals surface area contributed by atoms with E-state index >= 15 is 0 Å². The molecule has 0 bridgehead atoms. The van der Waals surface area contributed by atoms with Gasteiger partial charge in [0.25, 0.3) is 5.91 Å². The number of hydrogen-bond acceptors (Lipinski definition) is 4. The molecule has 1 aliphatic rings. The standard InChI is InChI=1S/C20H21ClN4O3.ClH/c21-16-11-14(4-5-15(16)20(28)25-7-1-2-8-25)24-18(27)10-13-9-12(19(22)23)3-6-17(13)26;/h3-6,9,11,26H,1-2,7-8,10H2,(H3,22,23)(H,24,27);1H. The van der Waals surface area contributed by atoms with Crippen LogP contribution in [0, 0.1) is 5.41 Å². The fourth-order valence-corrected chi connectivity index (χ4v) is 3.39. The minimum Gasteiger partial charge on any atom is -0.508 e. The molecule has 9 heteroatoms. The summed E-state index contributed by atoms with van der Waals surface area (Å²) >= 11 is 6.25. The average molecular weight is 437 g/mol. The maximum Gasteiger partial charge on any atom is 0.255 e. The third-order valence-corrected chi connectivity index (χ3v) is 4.93. The van der Waals surface area contributed by atoms with Crippen LogP contribution in [0.2, 0.25) is 5.02 Å². The van der Waals surface area contributed by atoms with Gasteiger partial charge in [-0.05, 0) is 49.2 Å². The molecule has 29 heavy (non-hydrogen) atoms. The number of carbonyl (C=O) groups excluding carboxylic acids is 2. The zero-order valence-electron chi connectivity index (χ0n) is 15.6. The number of amidine groups is 1. The number of nitrogens with zero attached hydrogens (tertiary/aromatic N) is 1. The Hall–Kier alpha value is -2.77. The fourth-order valence-electron chi connectivity index (χ4n) is 3.13. The van der Waals surface area contributed by atoms with Crippen molar-refractivity contribution in [2.75, 3.05) is 18.4 Å². The Kier molecular flexibility index (Phi) is 7.47. The molecular formula is C20H22Cl2N4O3. The molecule has 0 saturated carbocycles. The summed E-state index contributed by atoms with van der Waals surface area (Å²) in [4.78, 5) is 26.6. The number of likely N-dealkylation sites (tertiary alicyclic amines) is 1. The maximum absolute atomic E-state index is 12.5. The van der Waals surface area contributed by atoms with Crippen molar-refractivity contribution in [3.05, 3.63) is 58.1 Å². The number of phenolic OH excluding ortho intramolecular Hbond substituents is 1. The van der Waals surface area contributed by atoms with Gasteiger partial charge in [0.05, 0.1) is 17.0 Å². The second-order valence-corrected chi connectivity index (χ2v) is 7.08. The fraction of sp³-hybridized carbons (Fsp3) is 0.250. The molecule has 154 valence electrons. The second-order valence-electron chi connectivity index (χ2n) is 6.68. The van der Waals surface area contributed by atoms with Crippen LogP contribution in [0.3, 0.4) is 0 Å². The third kappa shape index (κ3) is 5.40. The van der Waals surface area contributed by atoms with E-state index in [1.165, 1.54) is 24.3 Å². The number of anilines is 1. The average Bonchev–Trinajstić information content (AvgIpc) is 3.17. The topological polar surface area (TPSA) is 120 Å². The lowest BCUT2D eigenvalue weighted by molar-refractivity contribution is -0.115. The first-order valence-corrected chi connectivity index (χ1v) is 9.28. The van der Waals surface area contributed by atoms with Crippen LogP contribution in [-0.4, -0.2) is 40.7 Å². The highest BCUT2D eigenvalue weighted by atomic mass is 35.5. The van der Waals surface area contributed by atoms with E-state index in [1.54, 1.807) is 17.0 Å².